The van der Waals surface area contributed by atoms with Gasteiger partial charge in [-0.3, -0.25) is 0 Å². The second kappa shape index (κ2) is 14.8. The normalized spacial score (nSPS) is 13.7. The molecule has 0 aliphatic rings. The predicted octanol–water partition coefficient (Wildman–Crippen LogP) is 8.15. The van der Waals surface area contributed by atoms with Gasteiger partial charge < -0.3 is 9.47 Å². The summed E-state index contributed by atoms with van der Waals surface area (Å²) >= 11 is 0. The Morgan fingerprint density at radius 3 is 1.32 bits per heavy atom. The highest BCUT2D eigenvalue weighted by molar-refractivity contribution is 5.39. The quantitative estimate of drug-likeness (QED) is 0.283. The van der Waals surface area contributed by atoms with Gasteiger partial charge in [0.1, 0.15) is 0 Å². The van der Waals surface area contributed by atoms with Crippen LogP contribution in [-0.2, 0) is 0 Å². The average Bonchev–Trinajstić information content (AvgIpc) is 2.62. The molecule has 0 radical (unpaired) electrons. The molecule has 2 atom stereocenters. The van der Waals surface area contributed by atoms with Crippen LogP contribution in [0.1, 0.15) is 92.9 Å². The Kier molecular flexibility index (Phi) is 13.1. The first-order chi connectivity index (χ1) is 13.4. The van der Waals surface area contributed by atoms with Crippen molar-refractivity contribution < 1.29 is 9.47 Å². The molecule has 2 heteroatoms. The van der Waals surface area contributed by atoms with Crippen molar-refractivity contribution >= 4 is 0 Å². The van der Waals surface area contributed by atoms with E-state index in [1.807, 2.05) is 24.3 Å². The molecule has 0 fully saturated rings. The minimum absolute atomic E-state index is 0.721. The molecule has 1 rings (SSSR count). The molecule has 0 aromatic heterocycles. The van der Waals surface area contributed by atoms with Crippen LogP contribution in [0, 0.1) is 23.7 Å². The van der Waals surface area contributed by atoms with Crippen LogP contribution < -0.4 is 9.47 Å². The fraction of sp³-hybridized carbons (Fsp3) is 0.769. The standard InChI is InChI=1S/C26H46O2/c1-21(2)11-9-13-23(5)17-19-27-25-15-7-8-16-26(25)28-20-18-24(6)14-10-12-22(3)4/h7-8,15-16,21-24H,9-14,17-20H2,1-6H3. The first-order valence-electron chi connectivity index (χ1n) is 11.7. The average molecular weight is 391 g/mol. The maximum absolute atomic E-state index is 6.06. The van der Waals surface area contributed by atoms with Crippen molar-refractivity contribution in [2.24, 2.45) is 23.7 Å². The largest absolute Gasteiger partial charge is 0.490 e. The van der Waals surface area contributed by atoms with Gasteiger partial charge in [0.25, 0.3) is 0 Å². The number of hydrogen-bond donors (Lipinski definition) is 0. The van der Waals surface area contributed by atoms with E-state index in [9.17, 15) is 0 Å². The van der Waals surface area contributed by atoms with Gasteiger partial charge in [0, 0.05) is 0 Å². The highest BCUT2D eigenvalue weighted by Crippen LogP contribution is 2.28. The number of rotatable bonds is 16. The van der Waals surface area contributed by atoms with E-state index in [1.165, 1.54) is 38.5 Å². The van der Waals surface area contributed by atoms with Crippen LogP contribution in [0.5, 0.6) is 11.5 Å². The third-order valence-electron chi connectivity index (χ3n) is 5.54. The van der Waals surface area contributed by atoms with Gasteiger partial charge in [0.2, 0.25) is 0 Å². The van der Waals surface area contributed by atoms with Crippen LogP contribution >= 0.6 is 0 Å². The van der Waals surface area contributed by atoms with Crippen molar-refractivity contribution in [2.75, 3.05) is 13.2 Å². The second-order valence-corrected chi connectivity index (χ2v) is 9.58. The highest BCUT2D eigenvalue weighted by atomic mass is 16.5. The molecule has 162 valence electrons. The Labute approximate surface area is 175 Å². The Morgan fingerprint density at radius 2 is 0.964 bits per heavy atom. The molecule has 0 bridgehead atoms. The molecule has 0 saturated carbocycles. The van der Waals surface area contributed by atoms with Crippen molar-refractivity contribution in [3.63, 3.8) is 0 Å². The summed E-state index contributed by atoms with van der Waals surface area (Å²) in [5.41, 5.74) is 0. The van der Waals surface area contributed by atoms with Crippen LogP contribution in [0.25, 0.3) is 0 Å². The Hall–Kier alpha value is -1.18. The monoisotopic (exact) mass is 390 g/mol. The molecular formula is C26H46O2. The maximum atomic E-state index is 6.06. The van der Waals surface area contributed by atoms with Crippen molar-refractivity contribution in [1.29, 1.82) is 0 Å². The van der Waals surface area contributed by atoms with Gasteiger partial charge in [-0.1, -0.05) is 92.2 Å². The van der Waals surface area contributed by atoms with Crippen molar-refractivity contribution in [3.05, 3.63) is 24.3 Å². The van der Waals surface area contributed by atoms with Crippen molar-refractivity contribution in [3.8, 4) is 11.5 Å². The summed E-state index contributed by atoms with van der Waals surface area (Å²) in [5, 5.41) is 0. The maximum Gasteiger partial charge on any atom is 0.161 e. The summed E-state index contributed by atoms with van der Waals surface area (Å²) in [6, 6.07) is 8.13. The fourth-order valence-electron chi connectivity index (χ4n) is 3.47. The third-order valence-corrected chi connectivity index (χ3v) is 5.54. The van der Waals surface area contributed by atoms with E-state index < -0.39 is 0 Å². The molecule has 0 aliphatic heterocycles. The van der Waals surface area contributed by atoms with Gasteiger partial charge in [-0.15, -0.1) is 0 Å². The third kappa shape index (κ3) is 12.3. The van der Waals surface area contributed by atoms with Crippen LogP contribution in [-0.4, -0.2) is 13.2 Å². The molecular weight excluding hydrogens is 344 g/mol. The van der Waals surface area contributed by atoms with E-state index in [1.54, 1.807) is 0 Å². The van der Waals surface area contributed by atoms with Gasteiger partial charge in [0.05, 0.1) is 13.2 Å². The lowest BCUT2D eigenvalue weighted by Crippen LogP contribution is -2.08. The molecule has 0 saturated heterocycles. The number of ether oxygens (including phenoxy) is 2. The highest BCUT2D eigenvalue weighted by Gasteiger charge is 2.09. The lowest BCUT2D eigenvalue weighted by molar-refractivity contribution is 0.237. The van der Waals surface area contributed by atoms with Crippen molar-refractivity contribution in [2.45, 2.75) is 92.9 Å². The molecule has 0 N–H and O–H groups in total. The molecule has 0 heterocycles. The van der Waals surface area contributed by atoms with Gasteiger partial charge in [-0.05, 0) is 48.6 Å². The van der Waals surface area contributed by atoms with E-state index in [4.69, 9.17) is 9.47 Å². The first kappa shape index (κ1) is 24.9. The first-order valence-corrected chi connectivity index (χ1v) is 11.7. The molecule has 0 spiro atoms. The number of para-hydroxylation sites is 2. The van der Waals surface area contributed by atoms with Gasteiger partial charge in [-0.25, -0.2) is 0 Å². The lowest BCUT2D eigenvalue weighted by Gasteiger charge is -2.16. The minimum Gasteiger partial charge on any atom is -0.490 e. The van der Waals surface area contributed by atoms with Gasteiger partial charge in [-0.2, -0.15) is 0 Å². The van der Waals surface area contributed by atoms with Gasteiger partial charge >= 0.3 is 0 Å². The number of benzene rings is 1. The molecule has 0 amide bonds. The van der Waals surface area contributed by atoms with E-state index >= 15 is 0 Å². The molecule has 1 aromatic rings. The summed E-state index contributed by atoms with van der Waals surface area (Å²) in [6.45, 7) is 15.4. The van der Waals surface area contributed by atoms with Crippen molar-refractivity contribution in [1.82, 2.24) is 0 Å². The van der Waals surface area contributed by atoms with Crippen LogP contribution in [0.15, 0.2) is 24.3 Å². The van der Waals surface area contributed by atoms with Crippen LogP contribution in [0.4, 0.5) is 0 Å². The second-order valence-electron chi connectivity index (χ2n) is 9.58. The van der Waals surface area contributed by atoms with Gasteiger partial charge in [0.15, 0.2) is 11.5 Å². The number of hydrogen-bond acceptors (Lipinski definition) is 2. The Bertz CT molecular complexity index is 450. The summed E-state index contributed by atoms with van der Waals surface area (Å²) in [4.78, 5) is 0. The van der Waals surface area contributed by atoms with E-state index in [0.29, 0.717) is 0 Å². The predicted molar refractivity (Wildman–Crippen MR) is 122 cm³/mol. The van der Waals surface area contributed by atoms with Crippen LogP contribution in [0.2, 0.25) is 0 Å². The summed E-state index contributed by atoms with van der Waals surface area (Å²) in [5.74, 6) is 4.85. The SMILES string of the molecule is CC(C)CCCC(C)CCOc1ccccc1OCCC(C)CCCC(C)C. The smallest absolute Gasteiger partial charge is 0.161 e. The van der Waals surface area contributed by atoms with Crippen LogP contribution in [0.3, 0.4) is 0 Å². The topological polar surface area (TPSA) is 18.5 Å². The zero-order chi connectivity index (χ0) is 20.8. The van der Waals surface area contributed by atoms with E-state index in [-0.39, 0.29) is 0 Å². The molecule has 2 nitrogen and oxygen atoms in total. The molecule has 28 heavy (non-hydrogen) atoms. The Morgan fingerprint density at radius 1 is 0.571 bits per heavy atom. The molecule has 2 unspecified atom stereocenters. The molecule has 1 aromatic carbocycles. The van der Waals surface area contributed by atoms with E-state index in [2.05, 4.69) is 41.5 Å². The minimum atomic E-state index is 0.721. The zero-order valence-corrected chi connectivity index (χ0v) is 19.5. The molecule has 0 aliphatic carbocycles. The Balaban J connectivity index is 2.28. The summed E-state index contributed by atoms with van der Waals surface area (Å²) in [7, 11) is 0. The van der Waals surface area contributed by atoms with E-state index in [0.717, 1.165) is 61.2 Å². The lowest BCUT2D eigenvalue weighted by atomic mass is 9.98. The summed E-state index contributed by atoms with van der Waals surface area (Å²) < 4.78 is 12.1. The summed E-state index contributed by atoms with van der Waals surface area (Å²) in [6.07, 6.45) is 10.1. The zero-order valence-electron chi connectivity index (χ0n) is 19.5. The fourth-order valence-corrected chi connectivity index (χ4v) is 3.47.